The van der Waals surface area contributed by atoms with Crippen LogP contribution in [-0.2, 0) is 10.0 Å². The van der Waals surface area contributed by atoms with E-state index in [2.05, 4.69) is 0 Å². The number of rotatable bonds is 1. The third kappa shape index (κ3) is 2.00. The highest BCUT2D eigenvalue weighted by Gasteiger charge is 2.35. The van der Waals surface area contributed by atoms with Crippen molar-refractivity contribution >= 4 is 27.3 Å². The number of anilines is 1. The maximum Gasteiger partial charge on any atom is 0.264 e. The van der Waals surface area contributed by atoms with E-state index in [1.165, 1.54) is 18.5 Å². The Balaban J connectivity index is 2.42. The number of sulfonamides is 1. The van der Waals surface area contributed by atoms with E-state index in [0.717, 1.165) is 0 Å². The molecule has 4 nitrogen and oxygen atoms in total. The van der Waals surface area contributed by atoms with Crippen molar-refractivity contribution in [1.29, 1.82) is 0 Å². The molecule has 1 aliphatic heterocycles. The number of hydrogen-bond donors (Lipinski definition) is 0. The van der Waals surface area contributed by atoms with Crippen molar-refractivity contribution in [3.8, 4) is 5.75 Å². The van der Waals surface area contributed by atoms with Crippen LogP contribution in [0.5, 0.6) is 5.75 Å². The predicted octanol–water partition coefficient (Wildman–Crippen LogP) is 3.16. The lowest BCUT2D eigenvalue weighted by Crippen LogP contribution is -2.26. The summed E-state index contributed by atoms with van der Waals surface area (Å²) in [5, 5.41) is -0.550. The molecule has 3 rings (SSSR count). The molecule has 0 bridgehead atoms. The second-order valence-corrected chi connectivity index (χ2v) is 7.15. The van der Waals surface area contributed by atoms with Gasteiger partial charge < -0.3 is 4.74 Å². The molecule has 0 aromatic heterocycles. The minimum absolute atomic E-state index is 0.228. The van der Waals surface area contributed by atoms with Crippen LogP contribution in [0.3, 0.4) is 0 Å². The normalized spacial score (nSPS) is 19.4. The number of methoxy groups -OCH3 is 1. The third-order valence-corrected chi connectivity index (χ3v) is 5.97. The van der Waals surface area contributed by atoms with Crippen molar-refractivity contribution in [3.63, 3.8) is 0 Å². The third-order valence-electron chi connectivity index (χ3n) is 3.67. The van der Waals surface area contributed by atoms with Crippen molar-refractivity contribution in [2.75, 3.05) is 18.5 Å². The molecule has 110 valence electrons. The number of halogens is 1. The van der Waals surface area contributed by atoms with Crippen LogP contribution in [0.1, 0.15) is 16.5 Å². The van der Waals surface area contributed by atoms with E-state index in [4.69, 9.17) is 16.3 Å². The minimum atomic E-state index is -3.67. The van der Waals surface area contributed by atoms with E-state index in [-0.39, 0.29) is 4.90 Å². The summed E-state index contributed by atoms with van der Waals surface area (Å²) in [6.07, 6.45) is 0. The molecule has 6 heteroatoms. The van der Waals surface area contributed by atoms with Gasteiger partial charge in [-0.1, -0.05) is 30.3 Å². The molecule has 0 saturated carbocycles. The highest BCUT2D eigenvalue weighted by Crippen LogP contribution is 2.46. The van der Waals surface area contributed by atoms with Gasteiger partial charge in [0.05, 0.1) is 23.1 Å². The number of ether oxygens (including phenoxy) is 1. The molecular weight excluding hydrogens is 310 g/mol. The SMILES string of the molecule is COc1cccc2c1N(C)S(=O)(=O)c1ccccc1C2Cl. The zero-order chi connectivity index (χ0) is 15.2. The van der Waals surface area contributed by atoms with Crippen molar-refractivity contribution < 1.29 is 13.2 Å². The molecule has 2 aromatic rings. The van der Waals surface area contributed by atoms with Crippen LogP contribution in [0, 0.1) is 0 Å². The highest BCUT2D eigenvalue weighted by atomic mass is 35.5. The van der Waals surface area contributed by atoms with Crippen molar-refractivity contribution in [1.82, 2.24) is 0 Å². The second-order valence-electron chi connectivity index (χ2n) is 4.77. The molecule has 0 spiro atoms. The van der Waals surface area contributed by atoms with Gasteiger partial charge in [0.2, 0.25) is 0 Å². The van der Waals surface area contributed by atoms with Gasteiger partial charge in [0.25, 0.3) is 10.0 Å². The van der Waals surface area contributed by atoms with Gasteiger partial charge in [0.1, 0.15) is 5.75 Å². The van der Waals surface area contributed by atoms with E-state index < -0.39 is 15.4 Å². The molecule has 1 atom stereocenters. The molecule has 0 fully saturated rings. The fourth-order valence-corrected chi connectivity index (χ4v) is 4.50. The fraction of sp³-hybridized carbons (Fsp3) is 0.200. The zero-order valence-corrected chi connectivity index (χ0v) is 13.1. The van der Waals surface area contributed by atoms with Gasteiger partial charge in [-0.25, -0.2) is 8.42 Å². The largest absolute Gasteiger partial charge is 0.495 e. The summed E-state index contributed by atoms with van der Waals surface area (Å²) in [5.41, 5.74) is 1.78. The molecule has 1 aliphatic rings. The Hall–Kier alpha value is -1.72. The van der Waals surface area contributed by atoms with Crippen molar-refractivity contribution in [3.05, 3.63) is 53.6 Å². The number of nitrogens with zero attached hydrogens (tertiary/aromatic N) is 1. The number of benzene rings is 2. The van der Waals surface area contributed by atoms with Gasteiger partial charge in [-0.3, -0.25) is 4.31 Å². The van der Waals surface area contributed by atoms with Gasteiger partial charge in [-0.05, 0) is 17.7 Å². The minimum Gasteiger partial charge on any atom is -0.495 e. The first kappa shape index (κ1) is 14.2. The number of hydrogen-bond acceptors (Lipinski definition) is 3. The highest BCUT2D eigenvalue weighted by molar-refractivity contribution is 7.92. The van der Waals surface area contributed by atoms with E-state index in [9.17, 15) is 8.42 Å². The lowest BCUT2D eigenvalue weighted by Gasteiger charge is -2.22. The first-order valence-electron chi connectivity index (χ1n) is 6.37. The van der Waals surface area contributed by atoms with Crippen molar-refractivity contribution in [2.45, 2.75) is 10.3 Å². The van der Waals surface area contributed by atoms with Crippen LogP contribution in [-0.4, -0.2) is 22.6 Å². The Morgan fingerprint density at radius 1 is 1.10 bits per heavy atom. The van der Waals surface area contributed by atoms with Crippen LogP contribution in [0.4, 0.5) is 5.69 Å². The van der Waals surface area contributed by atoms with E-state index >= 15 is 0 Å². The monoisotopic (exact) mass is 323 g/mol. The predicted molar refractivity (Wildman–Crippen MR) is 82.7 cm³/mol. The molecule has 0 saturated heterocycles. The number of alkyl halides is 1. The summed E-state index contributed by atoms with van der Waals surface area (Å²) in [6.45, 7) is 0. The molecule has 0 radical (unpaired) electrons. The van der Waals surface area contributed by atoms with Gasteiger partial charge in [-0.2, -0.15) is 0 Å². The summed E-state index contributed by atoms with van der Waals surface area (Å²) in [7, 11) is -0.640. The smallest absolute Gasteiger partial charge is 0.264 e. The lowest BCUT2D eigenvalue weighted by atomic mass is 10.0. The zero-order valence-electron chi connectivity index (χ0n) is 11.6. The maximum absolute atomic E-state index is 12.8. The topological polar surface area (TPSA) is 46.6 Å². The number of para-hydroxylation sites is 1. The Bertz CT molecular complexity index is 804. The van der Waals surface area contributed by atoms with Crippen LogP contribution in [0.25, 0.3) is 0 Å². The second kappa shape index (κ2) is 4.93. The molecule has 1 heterocycles. The lowest BCUT2D eigenvalue weighted by molar-refractivity contribution is 0.415. The molecule has 0 amide bonds. The van der Waals surface area contributed by atoms with Crippen molar-refractivity contribution in [2.24, 2.45) is 0 Å². The van der Waals surface area contributed by atoms with E-state index in [0.29, 0.717) is 22.6 Å². The molecule has 0 N–H and O–H groups in total. The standard InChI is InChI=1S/C15H14ClNO3S/c1-17-15-11(7-5-8-12(15)20-2)14(16)10-6-3-4-9-13(10)21(17,18)19/h3-9,14H,1-2H3. The molecule has 1 unspecified atom stereocenters. The summed E-state index contributed by atoms with van der Waals surface area (Å²) in [5.74, 6) is 0.483. The number of fused-ring (bicyclic) bond motifs is 2. The summed E-state index contributed by atoms with van der Waals surface area (Å²) in [4.78, 5) is 0.228. The van der Waals surface area contributed by atoms with Gasteiger partial charge >= 0.3 is 0 Å². The van der Waals surface area contributed by atoms with Crippen LogP contribution < -0.4 is 9.04 Å². The van der Waals surface area contributed by atoms with Crippen LogP contribution in [0.15, 0.2) is 47.4 Å². The summed E-state index contributed by atoms with van der Waals surface area (Å²) in [6, 6.07) is 12.2. The van der Waals surface area contributed by atoms with Crippen LogP contribution >= 0.6 is 11.6 Å². The average molecular weight is 324 g/mol. The Labute approximate surface area is 129 Å². The summed E-state index contributed by atoms with van der Waals surface area (Å²) >= 11 is 6.56. The van der Waals surface area contributed by atoms with Gasteiger partial charge in [0.15, 0.2) is 0 Å². The molecule has 0 aliphatic carbocycles. The fourth-order valence-electron chi connectivity index (χ4n) is 2.61. The molecule has 21 heavy (non-hydrogen) atoms. The van der Waals surface area contributed by atoms with Gasteiger partial charge in [-0.15, -0.1) is 11.6 Å². The first-order chi connectivity index (χ1) is 9.98. The Morgan fingerprint density at radius 3 is 2.48 bits per heavy atom. The maximum atomic E-state index is 12.8. The average Bonchev–Trinajstić information content (AvgIpc) is 2.57. The Kier molecular flexibility index (Phi) is 3.34. The summed E-state index contributed by atoms with van der Waals surface area (Å²) < 4.78 is 32.2. The molecular formula is C15H14ClNO3S. The first-order valence-corrected chi connectivity index (χ1v) is 8.25. The quantitative estimate of drug-likeness (QED) is 0.757. The Morgan fingerprint density at radius 2 is 1.76 bits per heavy atom. The van der Waals surface area contributed by atoms with E-state index in [1.807, 2.05) is 6.07 Å². The van der Waals surface area contributed by atoms with E-state index in [1.54, 1.807) is 36.4 Å². The van der Waals surface area contributed by atoms with Crippen LogP contribution in [0.2, 0.25) is 0 Å². The molecule has 2 aromatic carbocycles. The van der Waals surface area contributed by atoms with Gasteiger partial charge in [0, 0.05) is 12.6 Å².